The molecule has 2 aromatic rings. The Hall–Kier alpha value is -2.90. The molecule has 0 fully saturated rings. The number of aryl methyl sites for hydroxylation is 1. The van der Waals surface area contributed by atoms with E-state index in [9.17, 15) is 17.6 Å². The van der Waals surface area contributed by atoms with Gasteiger partial charge < -0.3 is 9.32 Å². The number of oxazole rings is 1. The van der Waals surface area contributed by atoms with Gasteiger partial charge in [0.1, 0.15) is 11.6 Å². The summed E-state index contributed by atoms with van der Waals surface area (Å²) in [4.78, 5) is 10.5. The zero-order valence-corrected chi connectivity index (χ0v) is 17.7. The molecule has 31 heavy (non-hydrogen) atoms. The molecule has 1 atom stereocenters. The van der Waals surface area contributed by atoms with Gasteiger partial charge in [0, 0.05) is 12.6 Å². The number of anilines is 1. The average Bonchev–Trinajstić information content (AvgIpc) is 3.16. The van der Waals surface area contributed by atoms with Gasteiger partial charge >= 0.3 is 6.18 Å². The quantitative estimate of drug-likeness (QED) is 0.380. The van der Waals surface area contributed by atoms with Crippen LogP contribution in [0.3, 0.4) is 0 Å². The van der Waals surface area contributed by atoms with Gasteiger partial charge in [0.25, 0.3) is 0 Å². The Bertz CT molecular complexity index is 987. The summed E-state index contributed by atoms with van der Waals surface area (Å²) in [6.45, 7) is 3.38. The number of fused-ring (bicyclic) bond motifs is 1. The minimum atomic E-state index is -4.47. The number of rotatable bonds is 6. The van der Waals surface area contributed by atoms with Crippen molar-refractivity contribution in [3.8, 4) is 0 Å². The van der Waals surface area contributed by atoms with Crippen LogP contribution in [0.1, 0.15) is 56.5 Å². The molecule has 0 spiro atoms. The third kappa shape index (κ3) is 5.24. The second-order valence-corrected chi connectivity index (χ2v) is 7.35. The van der Waals surface area contributed by atoms with E-state index in [2.05, 4.69) is 9.97 Å². The summed E-state index contributed by atoms with van der Waals surface area (Å²) in [6, 6.07) is 2.72. The maximum atomic E-state index is 13.4. The van der Waals surface area contributed by atoms with Crippen LogP contribution < -0.4 is 4.90 Å². The number of aromatic nitrogens is 2. The smallest absolute Gasteiger partial charge is 0.416 e. The lowest BCUT2D eigenvalue weighted by molar-refractivity contribution is -0.0883. The van der Waals surface area contributed by atoms with E-state index in [0.29, 0.717) is 18.0 Å². The number of hydrogen-bond donors (Lipinski definition) is 0. The largest absolute Gasteiger partial charge is 0.439 e. The molecule has 4 nitrogen and oxygen atoms in total. The van der Waals surface area contributed by atoms with Gasteiger partial charge in [0.05, 0.1) is 23.5 Å². The first-order valence-corrected chi connectivity index (χ1v) is 10.2. The van der Waals surface area contributed by atoms with Gasteiger partial charge in [-0.05, 0) is 50.8 Å². The lowest BCUT2D eigenvalue weighted by Gasteiger charge is -2.30. The van der Waals surface area contributed by atoms with Gasteiger partial charge in [0.2, 0.25) is 5.89 Å². The molecule has 0 aromatic carbocycles. The fourth-order valence-corrected chi connectivity index (χ4v) is 3.63. The zero-order chi connectivity index (χ0) is 22.6. The molecule has 0 aliphatic heterocycles. The highest BCUT2D eigenvalue weighted by molar-refractivity contribution is 5.71. The number of pyridine rings is 1. The second-order valence-electron chi connectivity index (χ2n) is 7.35. The van der Waals surface area contributed by atoms with Crippen LogP contribution in [0.4, 0.5) is 23.4 Å². The lowest BCUT2D eigenvalue weighted by atomic mass is 9.96. The molecular formula is C23H25F4N3O. The molecule has 2 aromatic heterocycles. The van der Waals surface area contributed by atoms with Gasteiger partial charge in [-0.25, -0.2) is 14.4 Å². The Labute approximate surface area is 179 Å². The SMILES string of the molecule is C\C=C/C(=C\C(=C\CC)C(F)(F)F)c1nc2c(o1)C(N(C)c1ccc(F)cn1)CCC2. The molecule has 0 amide bonds. The highest BCUT2D eigenvalue weighted by atomic mass is 19.4. The van der Waals surface area contributed by atoms with E-state index in [4.69, 9.17) is 4.42 Å². The second kappa shape index (κ2) is 9.49. The monoisotopic (exact) mass is 435 g/mol. The molecule has 0 saturated heterocycles. The number of halogens is 4. The van der Waals surface area contributed by atoms with Crippen LogP contribution in [0.15, 0.2) is 52.6 Å². The van der Waals surface area contributed by atoms with Crippen molar-refractivity contribution in [1.29, 1.82) is 0 Å². The van der Waals surface area contributed by atoms with E-state index in [1.807, 2.05) is 11.9 Å². The Morgan fingerprint density at radius 2 is 2.10 bits per heavy atom. The summed E-state index contributed by atoms with van der Waals surface area (Å²) in [5, 5.41) is 0. The van der Waals surface area contributed by atoms with Crippen LogP contribution in [-0.4, -0.2) is 23.2 Å². The fraction of sp³-hybridized carbons (Fsp3) is 0.391. The van der Waals surface area contributed by atoms with Crippen molar-refractivity contribution in [2.75, 3.05) is 11.9 Å². The molecule has 166 valence electrons. The van der Waals surface area contributed by atoms with Crippen molar-refractivity contribution in [2.45, 2.75) is 51.7 Å². The standard InChI is InChI=1S/C23H25F4N3O/c1-4-7-15(13-16(8-5-2)23(25,26)27)22-29-18-9-6-10-19(21(18)31-22)30(3)20-12-11-17(24)14-28-20/h4,7-8,11-14,19H,5-6,9-10H2,1-3H3/b7-4-,15-13+,16-8-. The summed E-state index contributed by atoms with van der Waals surface area (Å²) >= 11 is 0. The fourth-order valence-electron chi connectivity index (χ4n) is 3.63. The summed E-state index contributed by atoms with van der Waals surface area (Å²) in [7, 11) is 1.83. The molecule has 0 bridgehead atoms. The van der Waals surface area contributed by atoms with Crippen LogP contribution >= 0.6 is 0 Å². The van der Waals surface area contributed by atoms with Crippen LogP contribution in [0.25, 0.3) is 5.57 Å². The maximum Gasteiger partial charge on any atom is 0.416 e. The molecule has 2 heterocycles. The van der Waals surface area contributed by atoms with E-state index in [0.717, 1.165) is 36.9 Å². The van der Waals surface area contributed by atoms with Crippen LogP contribution in [0.2, 0.25) is 0 Å². The average molecular weight is 435 g/mol. The van der Waals surface area contributed by atoms with Crippen molar-refractivity contribution in [1.82, 2.24) is 9.97 Å². The Morgan fingerprint density at radius 3 is 2.71 bits per heavy atom. The topological polar surface area (TPSA) is 42.2 Å². The molecule has 1 unspecified atom stereocenters. The third-order valence-corrected chi connectivity index (χ3v) is 5.12. The van der Waals surface area contributed by atoms with E-state index in [1.54, 1.807) is 32.1 Å². The molecule has 1 aliphatic carbocycles. The third-order valence-electron chi connectivity index (χ3n) is 5.12. The maximum absolute atomic E-state index is 13.4. The minimum Gasteiger partial charge on any atom is -0.439 e. The lowest BCUT2D eigenvalue weighted by Crippen LogP contribution is -2.27. The normalized spacial score (nSPS) is 17.8. The Balaban J connectivity index is 2.00. The van der Waals surface area contributed by atoms with Crippen LogP contribution in [0.5, 0.6) is 0 Å². The molecule has 3 rings (SSSR count). The highest BCUT2D eigenvalue weighted by Gasteiger charge is 2.33. The first-order valence-electron chi connectivity index (χ1n) is 10.2. The van der Waals surface area contributed by atoms with E-state index >= 15 is 0 Å². The number of allylic oxidation sites excluding steroid dienone is 6. The Morgan fingerprint density at radius 1 is 1.32 bits per heavy atom. The number of hydrogen-bond acceptors (Lipinski definition) is 4. The summed E-state index contributed by atoms with van der Waals surface area (Å²) in [6.07, 6.45) is 4.66. The molecular weight excluding hydrogens is 410 g/mol. The minimum absolute atomic E-state index is 0.154. The Kier molecular flexibility index (Phi) is 6.97. The molecule has 0 saturated carbocycles. The molecule has 8 heteroatoms. The molecule has 0 N–H and O–H groups in total. The summed E-state index contributed by atoms with van der Waals surface area (Å²) < 4.78 is 59.5. The van der Waals surface area contributed by atoms with Crippen LogP contribution in [0, 0.1) is 5.82 Å². The van der Waals surface area contributed by atoms with E-state index in [-0.39, 0.29) is 23.9 Å². The van der Waals surface area contributed by atoms with Crippen molar-refractivity contribution < 1.29 is 22.0 Å². The van der Waals surface area contributed by atoms with E-state index in [1.165, 1.54) is 6.07 Å². The highest BCUT2D eigenvalue weighted by Crippen LogP contribution is 2.38. The first kappa shape index (κ1) is 22.8. The predicted molar refractivity (Wildman–Crippen MR) is 112 cm³/mol. The van der Waals surface area contributed by atoms with Gasteiger partial charge in [-0.3, -0.25) is 0 Å². The predicted octanol–water partition coefficient (Wildman–Crippen LogP) is 6.58. The van der Waals surface area contributed by atoms with E-state index < -0.39 is 17.6 Å². The van der Waals surface area contributed by atoms with Crippen molar-refractivity contribution in [3.63, 3.8) is 0 Å². The molecule has 1 aliphatic rings. The van der Waals surface area contributed by atoms with Crippen molar-refractivity contribution >= 4 is 11.4 Å². The summed E-state index contributed by atoms with van der Waals surface area (Å²) in [5.74, 6) is 0.914. The number of nitrogens with zero attached hydrogens (tertiary/aromatic N) is 3. The van der Waals surface area contributed by atoms with Gasteiger partial charge in [-0.15, -0.1) is 0 Å². The zero-order valence-electron chi connectivity index (χ0n) is 17.7. The van der Waals surface area contributed by atoms with Gasteiger partial charge in [-0.1, -0.05) is 25.2 Å². The number of alkyl halides is 3. The van der Waals surface area contributed by atoms with Gasteiger partial charge in [-0.2, -0.15) is 13.2 Å². The summed E-state index contributed by atoms with van der Waals surface area (Å²) in [5.41, 5.74) is 0.252. The molecule has 0 radical (unpaired) electrons. The van der Waals surface area contributed by atoms with Gasteiger partial charge in [0.15, 0.2) is 5.76 Å². The van der Waals surface area contributed by atoms with Crippen molar-refractivity contribution in [3.05, 3.63) is 71.4 Å². The van der Waals surface area contributed by atoms with Crippen molar-refractivity contribution in [2.24, 2.45) is 0 Å². The van der Waals surface area contributed by atoms with Crippen LogP contribution in [-0.2, 0) is 6.42 Å². The first-order chi connectivity index (χ1) is 14.7.